The van der Waals surface area contributed by atoms with Crippen molar-refractivity contribution in [1.82, 2.24) is 5.32 Å². The van der Waals surface area contributed by atoms with Crippen molar-refractivity contribution in [2.75, 3.05) is 25.0 Å². The summed E-state index contributed by atoms with van der Waals surface area (Å²) in [4.78, 5) is 11.8. The Morgan fingerprint density at radius 1 is 1.05 bits per heavy atom. The number of benzene rings is 2. The van der Waals surface area contributed by atoms with E-state index in [1.807, 2.05) is 49.4 Å². The molecule has 0 unspecified atom stereocenters. The van der Waals surface area contributed by atoms with Gasteiger partial charge in [-0.1, -0.05) is 30.3 Å². The average molecular weight is 298 g/mol. The Hall–Kier alpha value is -2.49. The second-order valence-electron chi connectivity index (χ2n) is 5.11. The molecule has 2 rings (SSSR count). The van der Waals surface area contributed by atoms with Crippen LogP contribution < -0.4 is 15.4 Å². The standard InChI is InChI=1S/C18H22N2O2/c1-14-7-6-10-17(15(14)2)20-13-18(21)19-11-12-22-16-8-4-3-5-9-16/h3-10,20H,11-13H2,1-2H3,(H,19,21). The molecule has 2 N–H and O–H groups in total. The molecular weight excluding hydrogens is 276 g/mol. The molecule has 0 fully saturated rings. The van der Waals surface area contributed by atoms with E-state index in [4.69, 9.17) is 4.74 Å². The maximum absolute atomic E-state index is 11.8. The molecule has 0 bridgehead atoms. The van der Waals surface area contributed by atoms with Crippen LogP contribution in [0.25, 0.3) is 0 Å². The molecule has 0 aliphatic heterocycles. The Morgan fingerprint density at radius 3 is 2.59 bits per heavy atom. The molecule has 0 saturated carbocycles. The highest BCUT2D eigenvalue weighted by atomic mass is 16.5. The zero-order chi connectivity index (χ0) is 15.8. The first-order valence-corrected chi connectivity index (χ1v) is 7.41. The zero-order valence-electron chi connectivity index (χ0n) is 13.1. The van der Waals surface area contributed by atoms with Gasteiger partial charge in [0.1, 0.15) is 12.4 Å². The largest absolute Gasteiger partial charge is 0.492 e. The van der Waals surface area contributed by atoms with E-state index in [9.17, 15) is 4.79 Å². The molecule has 1 amide bonds. The Morgan fingerprint density at radius 2 is 1.82 bits per heavy atom. The Bertz CT molecular complexity index is 612. The molecule has 0 atom stereocenters. The summed E-state index contributed by atoms with van der Waals surface area (Å²) in [7, 11) is 0. The molecule has 0 aromatic heterocycles. The van der Waals surface area contributed by atoms with Crippen LogP contribution in [-0.2, 0) is 4.79 Å². The van der Waals surface area contributed by atoms with Gasteiger partial charge in [-0.25, -0.2) is 0 Å². The molecule has 2 aromatic rings. The maximum Gasteiger partial charge on any atom is 0.239 e. The molecule has 0 saturated heterocycles. The molecular formula is C18H22N2O2. The number of hydrogen-bond donors (Lipinski definition) is 2. The number of ether oxygens (including phenoxy) is 1. The highest BCUT2D eigenvalue weighted by molar-refractivity contribution is 5.81. The number of nitrogens with one attached hydrogen (secondary N) is 2. The highest BCUT2D eigenvalue weighted by Gasteiger charge is 2.03. The first-order chi connectivity index (χ1) is 10.7. The smallest absolute Gasteiger partial charge is 0.239 e. The summed E-state index contributed by atoms with van der Waals surface area (Å²) >= 11 is 0. The molecule has 4 heteroatoms. The third-order valence-electron chi connectivity index (χ3n) is 3.48. The number of carbonyl (C=O) groups excluding carboxylic acids is 1. The van der Waals surface area contributed by atoms with Gasteiger partial charge in [0, 0.05) is 5.69 Å². The van der Waals surface area contributed by atoms with Crippen molar-refractivity contribution >= 4 is 11.6 Å². The van der Waals surface area contributed by atoms with Gasteiger partial charge in [0.25, 0.3) is 0 Å². The van der Waals surface area contributed by atoms with Crippen LogP contribution in [0.1, 0.15) is 11.1 Å². The summed E-state index contributed by atoms with van der Waals surface area (Å²) in [6, 6.07) is 15.6. The first-order valence-electron chi connectivity index (χ1n) is 7.41. The van der Waals surface area contributed by atoms with Crippen LogP contribution in [0.4, 0.5) is 5.69 Å². The average Bonchev–Trinajstić information content (AvgIpc) is 2.54. The van der Waals surface area contributed by atoms with Gasteiger partial charge in [0.15, 0.2) is 0 Å². The molecule has 0 aliphatic carbocycles. The SMILES string of the molecule is Cc1cccc(NCC(=O)NCCOc2ccccc2)c1C. The van der Waals surface area contributed by atoms with Gasteiger partial charge in [-0.05, 0) is 43.2 Å². The monoisotopic (exact) mass is 298 g/mol. The van der Waals surface area contributed by atoms with E-state index in [-0.39, 0.29) is 12.5 Å². The lowest BCUT2D eigenvalue weighted by Crippen LogP contribution is -2.33. The van der Waals surface area contributed by atoms with E-state index >= 15 is 0 Å². The minimum atomic E-state index is -0.0439. The Labute approximate surface area is 131 Å². The van der Waals surface area contributed by atoms with Crippen molar-refractivity contribution in [3.63, 3.8) is 0 Å². The van der Waals surface area contributed by atoms with Crippen LogP contribution in [0.5, 0.6) is 5.75 Å². The van der Waals surface area contributed by atoms with Crippen LogP contribution in [0.2, 0.25) is 0 Å². The van der Waals surface area contributed by atoms with E-state index in [0.717, 1.165) is 11.4 Å². The van der Waals surface area contributed by atoms with Crippen molar-refractivity contribution in [2.24, 2.45) is 0 Å². The van der Waals surface area contributed by atoms with Gasteiger partial charge in [-0.3, -0.25) is 4.79 Å². The summed E-state index contributed by atoms with van der Waals surface area (Å²) in [5.41, 5.74) is 3.38. The van der Waals surface area contributed by atoms with E-state index < -0.39 is 0 Å². The number of para-hydroxylation sites is 1. The van der Waals surface area contributed by atoms with Gasteiger partial charge < -0.3 is 15.4 Å². The third kappa shape index (κ3) is 4.81. The number of aryl methyl sites for hydroxylation is 1. The number of amides is 1. The molecule has 22 heavy (non-hydrogen) atoms. The van der Waals surface area contributed by atoms with Crippen LogP contribution in [0.3, 0.4) is 0 Å². The normalized spacial score (nSPS) is 10.1. The fraction of sp³-hybridized carbons (Fsp3) is 0.278. The topological polar surface area (TPSA) is 50.4 Å². The third-order valence-corrected chi connectivity index (χ3v) is 3.48. The predicted molar refractivity (Wildman–Crippen MR) is 89.4 cm³/mol. The van der Waals surface area contributed by atoms with Crippen LogP contribution in [-0.4, -0.2) is 25.6 Å². The van der Waals surface area contributed by atoms with Gasteiger partial charge >= 0.3 is 0 Å². The van der Waals surface area contributed by atoms with E-state index in [1.54, 1.807) is 0 Å². The van der Waals surface area contributed by atoms with Crippen molar-refractivity contribution in [3.8, 4) is 5.75 Å². The molecule has 0 radical (unpaired) electrons. The molecule has 116 valence electrons. The Kier molecular flexibility index (Phi) is 5.83. The summed E-state index contributed by atoms with van der Waals surface area (Å²) in [6.45, 7) is 5.31. The zero-order valence-corrected chi connectivity index (χ0v) is 13.1. The summed E-state index contributed by atoms with van der Waals surface area (Å²) in [5.74, 6) is 0.767. The Balaban J connectivity index is 1.67. The quantitative estimate of drug-likeness (QED) is 0.773. The lowest BCUT2D eigenvalue weighted by Gasteiger charge is -2.12. The van der Waals surface area contributed by atoms with E-state index in [2.05, 4.69) is 23.6 Å². The fourth-order valence-electron chi connectivity index (χ4n) is 2.06. The molecule has 0 aliphatic rings. The fourth-order valence-corrected chi connectivity index (χ4v) is 2.06. The molecule has 4 nitrogen and oxygen atoms in total. The predicted octanol–water partition coefficient (Wildman–Crippen LogP) is 2.91. The van der Waals surface area contributed by atoms with Gasteiger partial charge in [0.2, 0.25) is 5.91 Å². The molecule has 0 spiro atoms. The minimum Gasteiger partial charge on any atom is -0.492 e. The van der Waals surface area contributed by atoms with E-state index in [1.165, 1.54) is 11.1 Å². The van der Waals surface area contributed by atoms with Gasteiger partial charge in [-0.15, -0.1) is 0 Å². The van der Waals surface area contributed by atoms with Gasteiger partial charge in [-0.2, -0.15) is 0 Å². The van der Waals surface area contributed by atoms with Crippen molar-refractivity contribution < 1.29 is 9.53 Å². The van der Waals surface area contributed by atoms with Crippen molar-refractivity contribution in [2.45, 2.75) is 13.8 Å². The van der Waals surface area contributed by atoms with Crippen molar-refractivity contribution in [1.29, 1.82) is 0 Å². The number of rotatable bonds is 7. The highest BCUT2D eigenvalue weighted by Crippen LogP contribution is 2.17. The van der Waals surface area contributed by atoms with Crippen LogP contribution in [0.15, 0.2) is 48.5 Å². The second-order valence-corrected chi connectivity index (χ2v) is 5.11. The minimum absolute atomic E-state index is 0.0439. The summed E-state index contributed by atoms with van der Waals surface area (Å²) < 4.78 is 5.52. The maximum atomic E-state index is 11.8. The number of hydrogen-bond acceptors (Lipinski definition) is 3. The summed E-state index contributed by atoms with van der Waals surface area (Å²) in [6.07, 6.45) is 0. The summed E-state index contributed by atoms with van der Waals surface area (Å²) in [5, 5.41) is 5.99. The van der Waals surface area contributed by atoms with Gasteiger partial charge in [0.05, 0.1) is 13.1 Å². The lowest BCUT2D eigenvalue weighted by molar-refractivity contribution is -0.119. The van der Waals surface area contributed by atoms with Crippen LogP contribution in [0, 0.1) is 13.8 Å². The van der Waals surface area contributed by atoms with E-state index in [0.29, 0.717) is 13.2 Å². The molecule has 2 aromatic carbocycles. The molecule has 0 heterocycles. The van der Waals surface area contributed by atoms with Crippen molar-refractivity contribution in [3.05, 3.63) is 59.7 Å². The first kappa shape index (κ1) is 15.9. The number of carbonyl (C=O) groups is 1. The van der Waals surface area contributed by atoms with Crippen LogP contribution >= 0.6 is 0 Å². The lowest BCUT2D eigenvalue weighted by atomic mass is 10.1. The number of anilines is 1. The second kappa shape index (κ2) is 8.08.